The summed E-state index contributed by atoms with van der Waals surface area (Å²) in [5, 5.41) is 4.03. The summed E-state index contributed by atoms with van der Waals surface area (Å²) in [5.41, 5.74) is -0.123. The van der Waals surface area contributed by atoms with E-state index in [1.807, 2.05) is 0 Å². The number of fused-ring (bicyclic) bond motifs is 1. The standard InChI is InChI=1S/C27H21F4N5O2/c1-3-34-23-12-9-18(27(29,30)31)13-24(23)35(19-7-5-4-6-8-19)26(38)36(25(34)37)20-10-11-21(22(28)14-20)17-15-32-33(2)16-17/h4-16H,3H2,1-2H3. The summed E-state index contributed by atoms with van der Waals surface area (Å²) < 4.78 is 57.8. The lowest BCUT2D eigenvalue weighted by Crippen LogP contribution is -2.48. The zero-order valence-electron chi connectivity index (χ0n) is 20.3. The fourth-order valence-corrected chi connectivity index (χ4v) is 4.41. The van der Waals surface area contributed by atoms with Crippen LogP contribution in [0.5, 0.6) is 0 Å². The number of aryl methyl sites for hydroxylation is 1. The van der Waals surface area contributed by atoms with E-state index in [-0.39, 0.29) is 34.9 Å². The molecule has 0 N–H and O–H groups in total. The van der Waals surface area contributed by atoms with Gasteiger partial charge < -0.3 is 0 Å². The van der Waals surface area contributed by atoms with E-state index in [1.165, 1.54) is 46.1 Å². The Morgan fingerprint density at radius 2 is 1.58 bits per heavy atom. The Morgan fingerprint density at radius 1 is 0.842 bits per heavy atom. The Balaban J connectivity index is 1.70. The van der Waals surface area contributed by atoms with Gasteiger partial charge >= 0.3 is 18.2 Å². The number of hydrogen-bond acceptors (Lipinski definition) is 3. The second-order valence-electron chi connectivity index (χ2n) is 8.58. The number of amides is 4. The molecular formula is C27H21F4N5O2. The monoisotopic (exact) mass is 523 g/mol. The fraction of sp³-hybridized carbons (Fsp3) is 0.148. The first-order valence-corrected chi connectivity index (χ1v) is 11.6. The molecule has 11 heteroatoms. The van der Waals surface area contributed by atoms with Gasteiger partial charge in [-0.25, -0.2) is 18.9 Å². The molecule has 0 aliphatic carbocycles. The zero-order chi connectivity index (χ0) is 27.2. The van der Waals surface area contributed by atoms with Crippen molar-refractivity contribution < 1.29 is 27.2 Å². The van der Waals surface area contributed by atoms with Gasteiger partial charge in [0.1, 0.15) is 5.82 Å². The SMILES string of the molecule is CCN1C(=O)N(c2ccc(-c3cnn(C)c3)c(F)c2)C(=O)N(c2ccccc2)c2cc(C(F)(F)F)ccc21. The number of benzene rings is 3. The first-order chi connectivity index (χ1) is 18.1. The van der Waals surface area contributed by atoms with Crippen molar-refractivity contribution in [3.63, 3.8) is 0 Å². The summed E-state index contributed by atoms with van der Waals surface area (Å²) in [6.07, 6.45) is -1.59. The Morgan fingerprint density at radius 3 is 2.18 bits per heavy atom. The van der Waals surface area contributed by atoms with Gasteiger partial charge in [0, 0.05) is 30.9 Å². The minimum Gasteiger partial charge on any atom is -0.292 e. The van der Waals surface area contributed by atoms with Crippen LogP contribution in [0.4, 0.5) is 49.9 Å². The molecule has 1 aliphatic heterocycles. The number of imide groups is 1. The highest BCUT2D eigenvalue weighted by Gasteiger charge is 2.41. The van der Waals surface area contributed by atoms with E-state index in [0.29, 0.717) is 5.56 Å². The third-order valence-electron chi connectivity index (χ3n) is 6.20. The van der Waals surface area contributed by atoms with Crippen molar-refractivity contribution in [2.45, 2.75) is 13.1 Å². The minimum absolute atomic E-state index is 0.0415. The second kappa shape index (κ2) is 9.33. The molecule has 3 aromatic carbocycles. The molecule has 7 nitrogen and oxygen atoms in total. The number of anilines is 4. The van der Waals surface area contributed by atoms with Crippen molar-refractivity contribution >= 4 is 34.8 Å². The third-order valence-corrected chi connectivity index (χ3v) is 6.20. The van der Waals surface area contributed by atoms with Gasteiger partial charge in [0.15, 0.2) is 0 Å². The van der Waals surface area contributed by atoms with Gasteiger partial charge in [-0.1, -0.05) is 18.2 Å². The van der Waals surface area contributed by atoms with Gasteiger partial charge in [-0.05, 0) is 55.5 Å². The van der Waals surface area contributed by atoms with Crippen LogP contribution in [0.3, 0.4) is 0 Å². The average Bonchev–Trinajstić information content (AvgIpc) is 3.28. The van der Waals surface area contributed by atoms with Crippen LogP contribution in [0.2, 0.25) is 0 Å². The molecule has 194 valence electrons. The highest BCUT2D eigenvalue weighted by molar-refractivity contribution is 6.28. The summed E-state index contributed by atoms with van der Waals surface area (Å²) >= 11 is 0. The Bertz CT molecular complexity index is 1530. The molecule has 2 heterocycles. The number of carbonyl (C=O) groups is 2. The van der Waals surface area contributed by atoms with Crippen LogP contribution in [0, 0.1) is 5.82 Å². The number of rotatable bonds is 4. The Labute approximate surface area is 215 Å². The molecule has 0 radical (unpaired) electrons. The predicted octanol–water partition coefficient (Wildman–Crippen LogP) is 6.97. The van der Waals surface area contributed by atoms with Crippen molar-refractivity contribution in [2.75, 3.05) is 21.2 Å². The number of carbonyl (C=O) groups excluding carboxylic acids is 2. The van der Waals surface area contributed by atoms with Crippen LogP contribution in [0.15, 0.2) is 79.1 Å². The molecule has 0 atom stereocenters. The molecular weight excluding hydrogens is 502 g/mol. The smallest absolute Gasteiger partial charge is 0.292 e. The number of aromatic nitrogens is 2. The average molecular weight is 523 g/mol. The van der Waals surface area contributed by atoms with Crippen molar-refractivity contribution in [1.82, 2.24) is 9.78 Å². The highest BCUT2D eigenvalue weighted by atomic mass is 19.4. The molecule has 0 saturated heterocycles. The van der Waals surface area contributed by atoms with E-state index in [9.17, 15) is 22.8 Å². The van der Waals surface area contributed by atoms with Crippen LogP contribution in [0.1, 0.15) is 12.5 Å². The van der Waals surface area contributed by atoms with Crippen LogP contribution < -0.4 is 14.7 Å². The number of para-hydroxylation sites is 1. The zero-order valence-corrected chi connectivity index (χ0v) is 20.3. The number of nitrogens with zero attached hydrogens (tertiary/aromatic N) is 5. The lowest BCUT2D eigenvalue weighted by Gasteiger charge is -2.27. The molecule has 4 aromatic rings. The van der Waals surface area contributed by atoms with E-state index >= 15 is 4.39 Å². The highest BCUT2D eigenvalue weighted by Crippen LogP contribution is 2.43. The van der Waals surface area contributed by atoms with Gasteiger partial charge in [-0.15, -0.1) is 0 Å². The first-order valence-electron chi connectivity index (χ1n) is 11.6. The maximum atomic E-state index is 15.3. The van der Waals surface area contributed by atoms with Crippen molar-refractivity contribution in [2.24, 2.45) is 7.05 Å². The van der Waals surface area contributed by atoms with Gasteiger partial charge in [0.05, 0.1) is 34.5 Å². The molecule has 4 amide bonds. The molecule has 38 heavy (non-hydrogen) atoms. The summed E-state index contributed by atoms with van der Waals surface area (Å²) in [6.45, 7) is 1.67. The Hall–Kier alpha value is -4.67. The van der Waals surface area contributed by atoms with Crippen LogP contribution in [-0.2, 0) is 13.2 Å². The second-order valence-corrected chi connectivity index (χ2v) is 8.58. The van der Waals surface area contributed by atoms with Crippen molar-refractivity contribution in [1.29, 1.82) is 0 Å². The van der Waals surface area contributed by atoms with E-state index in [0.717, 1.165) is 28.0 Å². The van der Waals surface area contributed by atoms with Gasteiger partial charge in [-0.2, -0.15) is 18.3 Å². The maximum absolute atomic E-state index is 15.3. The lowest BCUT2D eigenvalue weighted by atomic mass is 10.1. The molecule has 1 aliphatic rings. The molecule has 0 bridgehead atoms. The van der Waals surface area contributed by atoms with Crippen LogP contribution in [-0.4, -0.2) is 28.4 Å². The predicted molar refractivity (Wildman–Crippen MR) is 135 cm³/mol. The quantitative estimate of drug-likeness (QED) is 0.272. The number of halogens is 4. The minimum atomic E-state index is -4.68. The summed E-state index contributed by atoms with van der Waals surface area (Å²) in [7, 11) is 1.68. The van der Waals surface area contributed by atoms with Crippen molar-refractivity contribution in [3.05, 3.63) is 90.5 Å². The molecule has 0 saturated carbocycles. The van der Waals surface area contributed by atoms with E-state index in [4.69, 9.17) is 0 Å². The van der Waals surface area contributed by atoms with Crippen LogP contribution >= 0.6 is 0 Å². The van der Waals surface area contributed by atoms with Gasteiger partial charge in [0.2, 0.25) is 0 Å². The molecule has 0 spiro atoms. The van der Waals surface area contributed by atoms with Crippen LogP contribution in [0.25, 0.3) is 11.1 Å². The topological polar surface area (TPSA) is 61.7 Å². The fourth-order valence-electron chi connectivity index (χ4n) is 4.41. The van der Waals surface area contributed by atoms with Crippen molar-refractivity contribution in [3.8, 4) is 11.1 Å². The Kier molecular flexibility index (Phi) is 6.14. The number of urea groups is 2. The van der Waals surface area contributed by atoms with Gasteiger partial charge in [0.25, 0.3) is 0 Å². The normalized spacial score (nSPS) is 14.1. The van der Waals surface area contributed by atoms with E-state index in [1.54, 1.807) is 38.4 Å². The maximum Gasteiger partial charge on any atom is 0.416 e. The molecule has 5 rings (SSSR count). The summed E-state index contributed by atoms with van der Waals surface area (Å²) in [5.74, 6) is -0.702. The first kappa shape index (κ1) is 25.0. The summed E-state index contributed by atoms with van der Waals surface area (Å²) in [6, 6.07) is 13.0. The third kappa shape index (κ3) is 4.25. The van der Waals surface area contributed by atoms with Gasteiger partial charge in [-0.3, -0.25) is 14.5 Å². The lowest BCUT2D eigenvalue weighted by molar-refractivity contribution is -0.137. The largest absolute Gasteiger partial charge is 0.416 e. The molecule has 1 aromatic heterocycles. The molecule has 0 unspecified atom stereocenters. The summed E-state index contributed by atoms with van der Waals surface area (Å²) in [4.78, 5) is 30.7. The van der Waals surface area contributed by atoms with E-state index < -0.39 is 29.6 Å². The van der Waals surface area contributed by atoms with E-state index in [2.05, 4.69) is 5.10 Å². The number of hydrogen-bond donors (Lipinski definition) is 0. The number of alkyl halides is 3. The molecule has 0 fully saturated rings.